The zero-order valence-corrected chi connectivity index (χ0v) is 9.19. The highest BCUT2D eigenvalue weighted by Crippen LogP contribution is 2.07. The van der Waals surface area contributed by atoms with Crippen LogP contribution in [0.1, 0.15) is 25.3 Å². The summed E-state index contributed by atoms with van der Waals surface area (Å²) >= 11 is 0. The summed E-state index contributed by atoms with van der Waals surface area (Å²) in [4.78, 5) is 22.8. The lowest BCUT2D eigenvalue weighted by Crippen LogP contribution is -2.27. The molecule has 0 bridgehead atoms. The van der Waals surface area contributed by atoms with Gasteiger partial charge in [0.05, 0.1) is 7.11 Å². The Kier molecular flexibility index (Phi) is 3.66. The fourth-order valence-electron chi connectivity index (χ4n) is 1.32. The van der Waals surface area contributed by atoms with Crippen LogP contribution in [0.3, 0.4) is 0 Å². The van der Waals surface area contributed by atoms with E-state index in [4.69, 9.17) is 0 Å². The highest BCUT2D eigenvalue weighted by atomic mass is 16.5. The van der Waals surface area contributed by atoms with Crippen molar-refractivity contribution in [3.8, 4) is 0 Å². The summed E-state index contributed by atoms with van der Waals surface area (Å²) in [6.45, 7) is 3.86. The molecule has 0 amide bonds. The molecule has 0 radical (unpaired) electrons. The minimum Gasteiger partial charge on any atom is -0.468 e. The molecule has 4 nitrogen and oxygen atoms in total. The van der Waals surface area contributed by atoms with Crippen LogP contribution in [0.4, 0.5) is 0 Å². The fraction of sp³-hybridized carbons (Fsp3) is 0.455. The summed E-state index contributed by atoms with van der Waals surface area (Å²) in [6, 6.07) is 3.54. The lowest BCUT2D eigenvalue weighted by molar-refractivity contribution is -0.141. The van der Waals surface area contributed by atoms with Crippen LogP contribution < -0.4 is 5.56 Å². The van der Waals surface area contributed by atoms with Gasteiger partial charge in [0.1, 0.15) is 6.54 Å². The summed E-state index contributed by atoms with van der Waals surface area (Å²) in [5.74, 6) is -0.263. The molecule has 1 heterocycles. The zero-order chi connectivity index (χ0) is 11.4. The molecule has 0 N–H and O–H groups in total. The predicted octanol–water partition coefficient (Wildman–Crippen LogP) is 1.14. The molecule has 0 aliphatic heterocycles. The number of aromatic nitrogens is 1. The van der Waals surface area contributed by atoms with Crippen molar-refractivity contribution in [1.82, 2.24) is 4.57 Å². The van der Waals surface area contributed by atoms with Crippen molar-refractivity contribution in [3.63, 3.8) is 0 Å². The van der Waals surface area contributed by atoms with Crippen LogP contribution in [0, 0.1) is 0 Å². The monoisotopic (exact) mass is 209 g/mol. The van der Waals surface area contributed by atoms with E-state index in [0.717, 1.165) is 0 Å². The van der Waals surface area contributed by atoms with Crippen LogP contribution >= 0.6 is 0 Å². The van der Waals surface area contributed by atoms with Gasteiger partial charge in [0.25, 0.3) is 5.56 Å². The SMILES string of the molecule is COC(=O)Cn1cccc(C(C)C)c1=O. The Morgan fingerprint density at radius 3 is 2.73 bits per heavy atom. The average molecular weight is 209 g/mol. The molecule has 0 spiro atoms. The van der Waals surface area contributed by atoms with Crippen LogP contribution in [0.25, 0.3) is 0 Å². The Labute approximate surface area is 88.5 Å². The first-order valence-electron chi connectivity index (χ1n) is 4.82. The average Bonchev–Trinajstić information content (AvgIpc) is 2.20. The van der Waals surface area contributed by atoms with Gasteiger partial charge in [0, 0.05) is 11.8 Å². The van der Waals surface area contributed by atoms with Crippen LogP contribution in [0.15, 0.2) is 23.1 Å². The molecule has 0 saturated heterocycles. The summed E-state index contributed by atoms with van der Waals surface area (Å²) in [7, 11) is 1.31. The summed E-state index contributed by atoms with van der Waals surface area (Å²) in [5, 5.41) is 0. The maximum absolute atomic E-state index is 11.8. The molecule has 15 heavy (non-hydrogen) atoms. The van der Waals surface area contributed by atoms with Crippen molar-refractivity contribution in [2.24, 2.45) is 0 Å². The Morgan fingerprint density at radius 2 is 2.20 bits per heavy atom. The molecule has 0 fully saturated rings. The Balaban J connectivity index is 3.05. The topological polar surface area (TPSA) is 48.3 Å². The number of methoxy groups -OCH3 is 1. The number of carbonyl (C=O) groups excluding carboxylic acids is 1. The Hall–Kier alpha value is -1.58. The molecular formula is C11H15NO3. The van der Waals surface area contributed by atoms with E-state index in [0.29, 0.717) is 5.56 Å². The third-order valence-corrected chi connectivity index (χ3v) is 2.20. The number of hydrogen-bond acceptors (Lipinski definition) is 3. The molecular weight excluding hydrogens is 194 g/mol. The standard InChI is InChI=1S/C11H15NO3/c1-8(2)9-5-4-6-12(11(9)14)7-10(13)15-3/h4-6,8H,7H2,1-3H3. The van der Waals surface area contributed by atoms with Gasteiger partial charge in [-0.05, 0) is 12.0 Å². The minimum absolute atomic E-state index is 0.0319. The first-order chi connectivity index (χ1) is 7.06. The number of pyridine rings is 1. The van der Waals surface area contributed by atoms with Crippen LogP contribution in [-0.2, 0) is 16.1 Å². The second-order valence-electron chi connectivity index (χ2n) is 3.63. The van der Waals surface area contributed by atoms with Crippen LogP contribution in [0.2, 0.25) is 0 Å². The first kappa shape index (κ1) is 11.5. The summed E-state index contributed by atoms with van der Waals surface area (Å²) in [6.07, 6.45) is 1.59. The van der Waals surface area contributed by atoms with Gasteiger partial charge < -0.3 is 9.30 Å². The molecule has 4 heteroatoms. The molecule has 82 valence electrons. The molecule has 0 aromatic carbocycles. The van der Waals surface area contributed by atoms with Crippen molar-refractivity contribution in [3.05, 3.63) is 34.2 Å². The van der Waals surface area contributed by atoms with Crippen molar-refractivity contribution >= 4 is 5.97 Å². The normalized spacial score (nSPS) is 10.4. The van der Waals surface area contributed by atoms with E-state index >= 15 is 0 Å². The number of nitrogens with zero attached hydrogens (tertiary/aromatic N) is 1. The van der Waals surface area contributed by atoms with Gasteiger partial charge in [-0.2, -0.15) is 0 Å². The summed E-state index contributed by atoms with van der Waals surface area (Å²) < 4.78 is 5.87. The maximum atomic E-state index is 11.8. The lowest BCUT2D eigenvalue weighted by Gasteiger charge is -2.08. The van der Waals surface area contributed by atoms with Gasteiger partial charge in [0.2, 0.25) is 0 Å². The molecule has 0 aliphatic carbocycles. The van der Waals surface area contributed by atoms with Gasteiger partial charge in [0.15, 0.2) is 0 Å². The van der Waals surface area contributed by atoms with E-state index in [-0.39, 0.29) is 18.0 Å². The largest absolute Gasteiger partial charge is 0.468 e. The second kappa shape index (κ2) is 4.77. The zero-order valence-electron chi connectivity index (χ0n) is 9.19. The van der Waals surface area contributed by atoms with E-state index in [1.54, 1.807) is 18.3 Å². The number of hydrogen-bond donors (Lipinski definition) is 0. The smallest absolute Gasteiger partial charge is 0.325 e. The molecule has 1 aromatic heterocycles. The van der Waals surface area contributed by atoms with E-state index in [1.807, 2.05) is 13.8 Å². The van der Waals surface area contributed by atoms with Gasteiger partial charge in [-0.1, -0.05) is 19.9 Å². The third kappa shape index (κ3) is 2.68. The van der Waals surface area contributed by atoms with Gasteiger partial charge >= 0.3 is 5.97 Å². The van der Waals surface area contributed by atoms with Crippen molar-refractivity contribution in [1.29, 1.82) is 0 Å². The second-order valence-corrected chi connectivity index (χ2v) is 3.63. The van der Waals surface area contributed by atoms with E-state index in [1.165, 1.54) is 11.7 Å². The Bertz CT molecular complexity index is 407. The highest BCUT2D eigenvalue weighted by molar-refractivity contribution is 5.68. The van der Waals surface area contributed by atoms with E-state index < -0.39 is 5.97 Å². The Morgan fingerprint density at radius 1 is 1.53 bits per heavy atom. The van der Waals surface area contributed by atoms with E-state index in [2.05, 4.69) is 4.74 Å². The number of carbonyl (C=O) groups is 1. The van der Waals surface area contributed by atoms with Crippen LogP contribution in [-0.4, -0.2) is 17.6 Å². The molecule has 0 saturated carbocycles. The highest BCUT2D eigenvalue weighted by Gasteiger charge is 2.09. The van der Waals surface area contributed by atoms with Gasteiger partial charge in [-0.3, -0.25) is 9.59 Å². The van der Waals surface area contributed by atoms with Crippen molar-refractivity contribution in [2.45, 2.75) is 26.3 Å². The van der Waals surface area contributed by atoms with Crippen molar-refractivity contribution < 1.29 is 9.53 Å². The van der Waals surface area contributed by atoms with Crippen LogP contribution in [0.5, 0.6) is 0 Å². The minimum atomic E-state index is -0.419. The third-order valence-electron chi connectivity index (χ3n) is 2.20. The molecule has 1 aromatic rings. The number of ether oxygens (including phenoxy) is 1. The van der Waals surface area contributed by atoms with Gasteiger partial charge in [-0.25, -0.2) is 0 Å². The number of rotatable bonds is 3. The predicted molar refractivity (Wildman–Crippen MR) is 56.8 cm³/mol. The molecule has 0 aliphatic rings. The van der Waals surface area contributed by atoms with E-state index in [9.17, 15) is 9.59 Å². The summed E-state index contributed by atoms with van der Waals surface area (Å²) in [5.41, 5.74) is 0.583. The maximum Gasteiger partial charge on any atom is 0.325 e. The van der Waals surface area contributed by atoms with Gasteiger partial charge in [-0.15, -0.1) is 0 Å². The fourth-order valence-corrected chi connectivity index (χ4v) is 1.32. The number of esters is 1. The molecule has 0 atom stereocenters. The van der Waals surface area contributed by atoms with Crippen molar-refractivity contribution in [2.75, 3.05) is 7.11 Å². The molecule has 0 unspecified atom stereocenters. The first-order valence-corrected chi connectivity index (χ1v) is 4.82. The molecule has 1 rings (SSSR count). The lowest BCUT2D eigenvalue weighted by atomic mass is 10.1. The quantitative estimate of drug-likeness (QED) is 0.701.